The van der Waals surface area contributed by atoms with Crippen LogP contribution in [-0.2, 0) is 6.42 Å². The van der Waals surface area contributed by atoms with E-state index < -0.39 is 0 Å². The molecule has 4 heteroatoms. The van der Waals surface area contributed by atoms with Crippen molar-refractivity contribution in [2.24, 2.45) is 0 Å². The minimum atomic E-state index is 0.354. The predicted molar refractivity (Wildman–Crippen MR) is 95.8 cm³/mol. The van der Waals surface area contributed by atoms with Crippen LogP contribution in [0, 0.1) is 0 Å². The Balaban J connectivity index is 2.13. The van der Waals surface area contributed by atoms with Gasteiger partial charge in [-0.15, -0.1) is 11.3 Å². The van der Waals surface area contributed by atoms with Crippen LogP contribution < -0.4 is 5.32 Å². The van der Waals surface area contributed by atoms with E-state index in [0.717, 1.165) is 14.7 Å². The number of rotatable bonds is 5. The van der Waals surface area contributed by atoms with E-state index in [1.807, 2.05) is 7.05 Å². The topological polar surface area (TPSA) is 12.0 Å². The van der Waals surface area contributed by atoms with Gasteiger partial charge in [-0.3, -0.25) is 0 Å². The van der Waals surface area contributed by atoms with Crippen LogP contribution in [0.2, 0.25) is 0 Å². The van der Waals surface area contributed by atoms with Crippen molar-refractivity contribution in [1.29, 1.82) is 0 Å². The Hall–Kier alpha value is -0.160. The smallest absolute Gasteiger partial charge is 0.0843 e. The molecular formula is C16H19Br2NS. The van der Waals surface area contributed by atoms with Gasteiger partial charge in [-0.2, -0.15) is 0 Å². The highest BCUT2D eigenvalue weighted by Crippen LogP contribution is 2.36. The van der Waals surface area contributed by atoms with Crippen molar-refractivity contribution in [3.8, 4) is 0 Å². The zero-order valence-corrected chi connectivity index (χ0v) is 15.9. The van der Waals surface area contributed by atoms with E-state index in [9.17, 15) is 0 Å². The zero-order valence-electron chi connectivity index (χ0n) is 11.9. The van der Waals surface area contributed by atoms with Crippen molar-refractivity contribution in [2.45, 2.75) is 32.2 Å². The molecule has 1 aromatic heterocycles. The summed E-state index contributed by atoms with van der Waals surface area (Å²) in [4.78, 5) is 1.35. The van der Waals surface area contributed by atoms with Crippen LogP contribution in [-0.4, -0.2) is 7.05 Å². The SMILES string of the molecule is CNC(Cc1ccc(C(C)C)cc1)c1cc(Br)c(Br)s1. The Kier molecular flexibility index (Phi) is 5.84. The molecule has 108 valence electrons. The molecule has 1 N–H and O–H groups in total. The van der Waals surface area contributed by atoms with Crippen LogP contribution in [0.15, 0.2) is 38.6 Å². The fourth-order valence-electron chi connectivity index (χ4n) is 2.15. The van der Waals surface area contributed by atoms with Gasteiger partial charge in [-0.05, 0) is 68.4 Å². The predicted octanol–water partition coefficient (Wildman–Crippen LogP) is 5.90. The number of hydrogen-bond donors (Lipinski definition) is 1. The number of benzene rings is 1. The first-order chi connectivity index (χ1) is 9.51. The van der Waals surface area contributed by atoms with Gasteiger partial charge in [-0.25, -0.2) is 0 Å². The van der Waals surface area contributed by atoms with Crippen molar-refractivity contribution in [3.05, 3.63) is 54.6 Å². The summed E-state index contributed by atoms with van der Waals surface area (Å²) < 4.78 is 2.29. The van der Waals surface area contributed by atoms with Crippen LogP contribution in [0.25, 0.3) is 0 Å². The van der Waals surface area contributed by atoms with Gasteiger partial charge in [0.05, 0.1) is 3.79 Å². The lowest BCUT2D eigenvalue weighted by atomic mass is 9.99. The first-order valence-corrected chi connectivity index (χ1v) is 9.12. The molecule has 0 fully saturated rings. The summed E-state index contributed by atoms with van der Waals surface area (Å²) in [5, 5.41) is 3.41. The van der Waals surface area contributed by atoms with Crippen LogP contribution in [0.5, 0.6) is 0 Å². The van der Waals surface area contributed by atoms with E-state index in [1.54, 1.807) is 11.3 Å². The summed E-state index contributed by atoms with van der Waals surface area (Å²) in [6.07, 6.45) is 1.01. The highest BCUT2D eigenvalue weighted by Gasteiger charge is 2.15. The number of halogens is 2. The van der Waals surface area contributed by atoms with E-state index >= 15 is 0 Å². The van der Waals surface area contributed by atoms with Gasteiger partial charge in [0.25, 0.3) is 0 Å². The molecule has 2 aromatic rings. The Labute approximate surface area is 142 Å². The second-order valence-corrected chi connectivity index (χ2v) is 8.47. The fraction of sp³-hybridized carbons (Fsp3) is 0.375. The molecule has 0 saturated carbocycles. The summed E-state index contributed by atoms with van der Waals surface area (Å²) in [5.74, 6) is 0.591. The van der Waals surface area contributed by atoms with Crippen LogP contribution in [0.4, 0.5) is 0 Å². The highest BCUT2D eigenvalue weighted by atomic mass is 79.9. The number of thiophene rings is 1. The molecular weight excluding hydrogens is 398 g/mol. The van der Waals surface area contributed by atoms with Crippen molar-refractivity contribution in [1.82, 2.24) is 5.32 Å². The summed E-state index contributed by atoms with van der Waals surface area (Å²) in [5.41, 5.74) is 2.77. The molecule has 0 amide bonds. The lowest BCUT2D eigenvalue weighted by Crippen LogP contribution is -2.17. The normalized spacial score (nSPS) is 12.9. The molecule has 0 aliphatic heterocycles. The zero-order chi connectivity index (χ0) is 14.7. The highest BCUT2D eigenvalue weighted by molar-refractivity contribution is 9.13. The first-order valence-electron chi connectivity index (χ1n) is 6.72. The van der Waals surface area contributed by atoms with Crippen molar-refractivity contribution < 1.29 is 0 Å². The standard InChI is InChI=1S/C16H19Br2NS/c1-10(2)12-6-4-11(5-7-12)8-14(19-3)15-9-13(17)16(18)20-15/h4-7,9-10,14,19H,8H2,1-3H3. The number of hydrogen-bond acceptors (Lipinski definition) is 2. The quantitative estimate of drug-likeness (QED) is 0.639. The molecule has 0 aliphatic rings. The molecule has 0 bridgehead atoms. The third kappa shape index (κ3) is 3.94. The maximum absolute atomic E-state index is 3.57. The molecule has 0 saturated heterocycles. The Morgan fingerprint density at radius 3 is 2.25 bits per heavy atom. The summed E-state index contributed by atoms with van der Waals surface area (Å²) in [6.45, 7) is 4.46. The van der Waals surface area contributed by atoms with Crippen molar-refractivity contribution in [3.63, 3.8) is 0 Å². The average molecular weight is 417 g/mol. The molecule has 20 heavy (non-hydrogen) atoms. The fourth-order valence-corrected chi connectivity index (χ4v) is 4.35. The van der Waals surface area contributed by atoms with E-state index in [2.05, 4.69) is 81.4 Å². The molecule has 1 aromatic carbocycles. The third-order valence-electron chi connectivity index (χ3n) is 3.44. The second-order valence-electron chi connectivity index (χ2n) is 5.21. The minimum absolute atomic E-state index is 0.354. The summed E-state index contributed by atoms with van der Waals surface area (Å²) in [6, 6.07) is 11.5. The Bertz CT molecular complexity index is 541. The monoisotopic (exact) mass is 415 g/mol. The van der Waals surface area contributed by atoms with Crippen LogP contribution in [0.3, 0.4) is 0 Å². The second kappa shape index (κ2) is 7.21. The Morgan fingerprint density at radius 2 is 1.80 bits per heavy atom. The molecule has 0 radical (unpaired) electrons. The maximum atomic E-state index is 3.57. The molecule has 1 unspecified atom stereocenters. The van der Waals surface area contributed by atoms with Gasteiger partial charge in [0.1, 0.15) is 0 Å². The molecule has 1 heterocycles. The largest absolute Gasteiger partial charge is 0.312 e. The van der Waals surface area contributed by atoms with Crippen molar-refractivity contribution >= 4 is 43.2 Å². The third-order valence-corrected chi connectivity index (χ3v) is 6.81. The van der Waals surface area contributed by atoms with Crippen LogP contribution >= 0.6 is 43.2 Å². The lowest BCUT2D eigenvalue weighted by molar-refractivity contribution is 0.602. The Morgan fingerprint density at radius 1 is 1.15 bits per heavy atom. The van der Waals surface area contributed by atoms with E-state index in [0.29, 0.717) is 12.0 Å². The van der Waals surface area contributed by atoms with Gasteiger partial charge in [0, 0.05) is 15.4 Å². The molecule has 1 atom stereocenters. The molecule has 0 spiro atoms. The summed E-state index contributed by atoms with van der Waals surface area (Å²) >= 11 is 8.91. The van der Waals surface area contributed by atoms with Gasteiger partial charge in [0.2, 0.25) is 0 Å². The number of nitrogens with one attached hydrogen (secondary N) is 1. The van der Waals surface area contributed by atoms with Gasteiger partial charge in [-0.1, -0.05) is 38.1 Å². The summed E-state index contributed by atoms with van der Waals surface area (Å²) in [7, 11) is 2.02. The van der Waals surface area contributed by atoms with Crippen LogP contribution in [0.1, 0.15) is 41.8 Å². The first kappa shape index (κ1) is 16.2. The van der Waals surface area contributed by atoms with Gasteiger partial charge in [0.15, 0.2) is 0 Å². The van der Waals surface area contributed by atoms with Gasteiger partial charge < -0.3 is 5.32 Å². The molecule has 1 nitrogen and oxygen atoms in total. The molecule has 2 rings (SSSR count). The van der Waals surface area contributed by atoms with E-state index in [1.165, 1.54) is 16.0 Å². The van der Waals surface area contributed by atoms with E-state index in [-0.39, 0.29) is 0 Å². The lowest BCUT2D eigenvalue weighted by Gasteiger charge is -2.15. The average Bonchev–Trinajstić information content (AvgIpc) is 2.76. The number of likely N-dealkylation sites (N-methyl/N-ethyl adjacent to an activating group) is 1. The minimum Gasteiger partial charge on any atom is -0.312 e. The molecule has 0 aliphatic carbocycles. The van der Waals surface area contributed by atoms with Gasteiger partial charge >= 0.3 is 0 Å². The maximum Gasteiger partial charge on any atom is 0.0843 e. The van der Waals surface area contributed by atoms with E-state index in [4.69, 9.17) is 0 Å². The van der Waals surface area contributed by atoms with Crippen molar-refractivity contribution in [2.75, 3.05) is 7.05 Å².